The second-order valence-corrected chi connectivity index (χ2v) is 14.4. The van der Waals surface area contributed by atoms with Gasteiger partial charge in [-0.3, -0.25) is 0 Å². The molecule has 6 rings (SSSR count). The maximum absolute atomic E-state index is 14.3. The molecule has 0 aliphatic carbocycles. The Bertz CT molecular complexity index is 1810. The van der Waals surface area contributed by atoms with Crippen molar-refractivity contribution >= 4 is 33.9 Å². The maximum atomic E-state index is 14.3. The number of rotatable bonds is 6. The van der Waals surface area contributed by atoms with Crippen molar-refractivity contribution in [2.75, 3.05) is 4.78 Å². The van der Waals surface area contributed by atoms with Gasteiger partial charge in [-0.2, -0.15) is 17.7 Å². The fourth-order valence-corrected chi connectivity index (χ4v) is 11.5. The number of hydrazone groups is 1. The Morgan fingerprint density at radius 1 is 0.675 bits per heavy atom. The van der Waals surface area contributed by atoms with Gasteiger partial charge in [0.15, 0.2) is 0 Å². The molecule has 5 aromatic rings. The summed E-state index contributed by atoms with van der Waals surface area (Å²) < 4.78 is 35.4. The molecule has 0 aromatic heterocycles. The molecule has 0 amide bonds. The Morgan fingerprint density at radius 3 is 1.80 bits per heavy atom. The van der Waals surface area contributed by atoms with Crippen molar-refractivity contribution in [3.63, 3.8) is 0 Å². The normalized spacial score (nSPS) is 18.8. The van der Waals surface area contributed by atoms with E-state index in [2.05, 4.69) is 0 Å². The van der Waals surface area contributed by atoms with Gasteiger partial charge in [-0.1, -0.05) is 127 Å². The van der Waals surface area contributed by atoms with Crippen molar-refractivity contribution < 1.29 is 8.42 Å². The van der Waals surface area contributed by atoms with Crippen LogP contribution < -0.4 is 10.1 Å². The molecule has 0 bridgehead atoms. The quantitative estimate of drug-likeness (QED) is 0.199. The summed E-state index contributed by atoms with van der Waals surface area (Å²) in [5, 5.41) is 6.08. The molecule has 0 unspecified atom stereocenters. The summed E-state index contributed by atoms with van der Waals surface area (Å²) >= 11 is 0. The van der Waals surface area contributed by atoms with E-state index in [0.717, 1.165) is 33.4 Å². The SMILES string of the molecule is Cc1ccc(S(=O)(=O)N=[P@]2(c3ccccc3)[C@@H](c3ccccc3)C(c3ccccc3)=NN2c2ccccc2)cc1. The van der Waals surface area contributed by atoms with E-state index in [0.29, 0.717) is 0 Å². The van der Waals surface area contributed by atoms with Crippen LogP contribution in [0.25, 0.3) is 0 Å². The molecule has 0 spiro atoms. The fourth-order valence-electron chi connectivity index (χ4n) is 5.08. The minimum atomic E-state index is -4.10. The van der Waals surface area contributed by atoms with Crippen LogP contribution >= 0.6 is 7.21 Å². The van der Waals surface area contributed by atoms with E-state index < -0.39 is 22.9 Å². The third kappa shape index (κ3) is 4.70. The monoisotopic (exact) mass is 561 g/mol. The Balaban J connectivity index is 1.75. The first kappa shape index (κ1) is 26.0. The molecule has 2 atom stereocenters. The van der Waals surface area contributed by atoms with Crippen LogP contribution in [0.15, 0.2) is 160 Å². The van der Waals surface area contributed by atoms with Gasteiger partial charge in [0, 0.05) is 5.30 Å². The predicted octanol–water partition coefficient (Wildman–Crippen LogP) is 7.79. The molecule has 0 radical (unpaired) electrons. The van der Waals surface area contributed by atoms with E-state index in [1.165, 1.54) is 0 Å². The first-order valence-electron chi connectivity index (χ1n) is 13.0. The average molecular weight is 562 g/mol. The summed E-state index contributed by atoms with van der Waals surface area (Å²) in [6.07, 6.45) is 0. The third-order valence-electron chi connectivity index (χ3n) is 6.97. The lowest BCUT2D eigenvalue weighted by Crippen LogP contribution is -2.23. The molecular weight excluding hydrogens is 533 g/mol. The van der Waals surface area contributed by atoms with Crippen LogP contribution in [0.2, 0.25) is 0 Å². The van der Waals surface area contributed by atoms with Gasteiger partial charge in [-0.25, -0.2) is 4.78 Å². The first-order valence-corrected chi connectivity index (χ1v) is 16.2. The van der Waals surface area contributed by atoms with Crippen LogP contribution in [0, 0.1) is 6.92 Å². The highest BCUT2D eigenvalue weighted by atomic mass is 32.2. The van der Waals surface area contributed by atoms with Gasteiger partial charge in [0.2, 0.25) is 0 Å². The van der Waals surface area contributed by atoms with Gasteiger partial charge in [-0.15, -0.1) is 0 Å². The molecule has 198 valence electrons. The van der Waals surface area contributed by atoms with Crippen LogP contribution in [0.1, 0.15) is 22.3 Å². The molecule has 5 nitrogen and oxygen atoms in total. The van der Waals surface area contributed by atoms with Crippen molar-refractivity contribution in [1.29, 1.82) is 0 Å². The fraction of sp³-hybridized carbons (Fsp3) is 0.0606. The number of aryl methyl sites for hydroxylation is 1. The molecule has 0 fully saturated rings. The molecule has 0 N–H and O–H groups in total. The van der Waals surface area contributed by atoms with Crippen molar-refractivity contribution in [3.8, 4) is 0 Å². The number of hydrogen-bond acceptors (Lipinski definition) is 3. The van der Waals surface area contributed by atoms with E-state index in [4.69, 9.17) is 9.25 Å². The van der Waals surface area contributed by atoms with Gasteiger partial charge in [-0.05, 0) is 42.3 Å². The smallest absolute Gasteiger partial charge is 0.223 e. The molecule has 0 saturated heterocycles. The minimum Gasteiger partial charge on any atom is -0.223 e. The topological polar surface area (TPSA) is 62.1 Å². The van der Waals surface area contributed by atoms with Gasteiger partial charge in [0.1, 0.15) is 7.21 Å². The zero-order valence-corrected chi connectivity index (χ0v) is 23.7. The summed E-state index contributed by atoms with van der Waals surface area (Å²) in [7, 11) is -7.31. The van der Waals surface area contributed by atoms with Crippen molar-refractivity contribution in [1.82, 2.24) is 0 Å². The molecule has 5 aromatic carbocycles. The number of nitrogens with zero attached hydrogens (tertiary/aromatic N) is 3. The Kier molecular flexibility index (Phi) is 6.97. The van der Waals surface area contributed by atoms with E-state index in [-0.39, 0.29) is 4.90 Å². The summed E-state index contributed by atoms with van der Waals surface area (Å²) in [5.41, 5.74) is 4.01. The number of anilines is 1. The third-order valence-corrected chi connectivity index (χ3v) is 12.9. The van der Waals surface area contributed by atoms with Crippen LogP contribution in [-0.4, -0.2) is 14.1 Å². The van der Waals surface area contributed by atoms with Crippen molar-refractivity contribution in [3.05, 3.63) is 162 Å². The number of hydrogen-bond donors (Lipinski definition) is 0. The van der Waals surface area contributed by atoms with Crippen LogP contribution in [-0.2, 0) is 10.0 Å². The highest BCUT2D eigenvalue weighted by Gasteiger charge is 2.49. The maximum Gasteiger partial charge on any atom is 0.283 e. The van der Waals surface area contributed by atoms with Gasteiger partial charge >= 0.3 is 0 Å². The summed E-state index contributed by atoms with van der Waals surface area (Å²) in [4.78, 5) is 0.168. The molecule has 40 heavy (non-hydrogen) atoms. The van der Waals surface area contributed by atoms with Crippen molar-refractivity contribution in [2.24, 2.45) is 9.25 Å². The lowest BCUT2D eigenvalue weighted by molar-refractivity contribution is 0.598. The largest absolute Gasteiger partial charge is 0.283 e. The van der Waals surface area contributed by atoms with Gasteiger partial charge in [0.05, 0.1) is 22.0 Å². The second kappa shape index (κ2) is 10.7. The molecule has 7 heteroatoms. The molecule has 1 heterocycles. The standard InChI is InChI=1S/C33H28N3O2PS/c1-26-22-24-31(25-23-26)40(37,38)35-39(30-20-12-5-13-21-30)33(28-16-8-3-9-17-28)32(27-14-6-2-7-15-27)34-36(39)29-18-10-4-11-19-29/h2-25,33H,1H3/t33-,39-/m0/s1. The number of benzene rings is 5. The predicted molar refractivity (Wildman–Crippen MR) is 165 cm³/mol. The second-order valence-electron chi connectivity index (χ2n) is 9.64. The molecule has 1 aliphatic rings. The minimum absolute atomic E-state index is 0.168. The summed E-state index contributed by atoms with van der Waals surface area (Å²) in [6.45, 7) is 1.94. The number of para-hydroxylation sites is 1. The Hall–Kier alpha value is -4.25. The van der Waals surface area contributed by atoms with Crippen LogP contribution in [0.5, 0.6) is 0 Å². The van der Waals surface area contributed by atoms with Gasteiger partial charge in [0.25, 0.3) is 10.0 Å². The molecule has 1 aliphatic heterocycles. The lowest BCUT2D eigenvalue weighted by Gasteiger charge is -2.34. The molecule has 0 saturated carbocycles. The summed E-state index contributed by atoms with van der Waals surface area (Å²) in [5.74, 6) is 0. The van der Waals surface area contributed by atoms with Gasteiger partial charge < -0.3 is 0 Å². The zero-order valence-electron chi connectivity index (χ0n) is 21.9. The average Bonchev–Trinajstić information content (AvgIpc) is 3.34. The summed E-state index contributed by atoms with van der Waals surface area (Å²) in [6, 6.07) is 46.4. The highest BCUT2D eigenvalue weighted by Crippen LogP contribution is 2.70. The Morgan fingerprint density at radius 2 is 1.20 bits per heavy atom. The van der Waals surface area contributed by atoms with Crippen LogP contribution in [0.3, 0.4) is 0 Å². The first-order chi connectivity index (χ1) is 19.5. The van der Waals surface area contributed by atoms with E-state index in [9.17, 15) is 8.42 Å². The number of sulfonamides is 1. The Labute approximate surface area is 235 Å². The van der Waals surface area contributed by atoms with Crippen molar-refractivity contribution in [2.45, 2.75) is 17.5 Å². The van der Waals surface area contributed by atoms with E-state index >= 15 is 0 Å². The van der Waals surface area contributed by atoms with Crippen LogP contribution in [0.4, 0.5) is 5.69 Å². The highest BCUT2D eigenvalue weighted by molar-refractivity contribution is 7.96. The van der Waals surface area contributed by atoms with E-state index in [1.807, 2.05) is 133 Å². The molecular formula is C33H28N3O2PS. The zero-order chi connectivity index (χ0) is 27.6. The lowest BCUT2D eigenvalue weighted by atomic mass is 10.0. The van der Waals surface area contributed by atoms with E-state index in [1.54, 1.807) is 24.3 Å².